The van der Waals surface area contributed by atoms with Gasteiger partial charge in [0.1, 0.15) is 12.4 Å². The summed E-state index contributed by atoms with van der Waals surface area (Å²) in [7, 11) is 0. The number of rotatable bonds is 5. The summed E-state index contributed by atoms with van der Waals surface area (Å²) < 4.78 is 1.88. The third kappa shape index (κ3) is 3.63. The molecule has 1 fully saturated rings. The van der Waals surface area contributed by atoms with Gasteiger partial charge in [-0.1, -0.05) is 42.1 Å². The smallest absolute Gasteiger partial charge is 0.244 e. The second-order valence-electron chi connectivity index (χ2n) is 7.11. The average molecular weight is 405 g/mol. The summed E-state index contributed by atoms with van der Waals surface area (Å²) in [5.74, 6) is 1.23. The van der Waals surface area contributed by atoms with Crippen molar-refractivity contribution in [3.05, 3.63) is 60.4 Å². The number of hydrogen-bond acceptors (Lipinski definition) is 5. The SMILES string of the molecule is O=C1CN(C(=O)CSc2nc(C3CC3)n(-c3ccccc3)n2)c2ccccc2N1. The van der Waals surface area contributed by atoms with Crippen LogP contribution in [0.1, 0.15) is 24.6 Å². The molecule has 2 aromatic carbocycles. The van der Waals surface area contributed by atoms with Crippen molar-refractivity contribution in [2.45, 2.75) is 23.9 Å². The van der Waals surface area contributed by atoms with Gasteiger partial charge < -0.3 is 10.2 Å². The summed E-state index contributed by atoms with van der Waals surface area (Å²) >= 11 is 1.31. The van der Waals surface area contributed by atoms with Crippen molar-refractivity contribution in [1.82, 2.24) is 14.8 Å². The molecule has 0 atom stereocenters. The van der Waals surface area contributed by atoms with Crippen molar-refractivity contribution < 1.29 is 9.59 Å². The third-order valence-electron chi connectivity index (χ3n) is 4.95. The van der Waals surface area contributed by atoms with Gasteiger partial charge in [0.2, 0.25) is 17.0 Å². The van der Waals surface area contributed by atoms with E-state index < -0.39 is 0 Å². The van der Waals surface area contributed by atoms with Crippen LogP contribution in [0.2, 0.25) is 0 Å². The highest BCUT2D eigenvalue weighted by Gasteiger charge is 2.31. The Balaban J connectivity index is 1.34. The second kappa shape index (κ2) is 7.36. The van der Waals surface area contributed by atoms with Crippen LogP contribution in [0.25, 0.3) is 5.69 Å². The normalized spacial score (nSPS) is 15.7. The highest BCUT2D eigenvalue weighted by atomic mass is 32.2. The van der Waals surface area contributed by atoms with Crippen LogP contribution in [0.15, 0.2) is 59.8 Å². The fraction of sp³-hybridized carbons (Fsp3) is 0.238. The predicted molar refractivity (Wildman–Crippen MR) is 111 cm³/mol. The highest BCUT2D eigenvalue weighted by Crippen LogP contribution is 2.40. The molecule has 2 aliphatic rings. The number of nitrogens with one attached hydrogen (secondary N) is 1. The molecule has 3 aromatic rings. The topological polar surface area (TPSA) is 80.1 Å². The molecule has 0 spiro atoms. The van der Waals surface area contributed by atoms with E-state index in [0.29, 0.717) is 16.8 Å². The molecule has 5 rings (SSSR count). The first-order chi connectivity index (χ1) is 14.2. The first-order valence-corrected chi connectivity index (χ1v) is 10.5. The number of aromatic nitrogens is 3. The summed E-state index contributed by atoms with van der Waals surface area (Å²) in [6, 6.07) is 17.3. The van der Waals surface area contributed by atoms with Gasteiger partial charge in [-0.25, -0.2) is 9.67 Å². The van der Waals surface area contributed by atoms with Crippen molar-refractivity contribution >= 4 is 35.0 Å². The van der Waals surface area contributed by atoms with Gasteiger partial charge >= 0.3 is 0 Å². The molecule has 2 amide bonds. The Kier molecular flexibility index (Phi) is 4.55. The Bertz CT molecular complexity index is 1080. The molecule has 0 radical (unpaired) electrons. The molecule has 1 aromatic heterocycles. The van der Waals surface area contributed by atoms with E-state index in [0.717, 1.165) is 30.0 Å². The van der Waals surface area contributed by atoms with Crippen LogP contribution >= 0.6 is 11.8 Å². The lowest BCUT2D eigenvalue weighted by Crippen LogP contribution is -2.43. The largest absolute Gasteiger partial charge is 0.323 e. The van der Waals surface area contributed by atoms with E-state index in [1.54, 1.807) is 6.07 Å². The maximum Gasteiger partial charge on any atom is 0.244 e. The summed E-state index contributed by atoms with van der Waals surface area (Å²) in [5, 5.41) is 8.02. The Morgan fingerprint density at radius 2 is 1.86 bits per heavy atom. The molecule has 1 aliphatic carbocycles. The minimum atomic E-state index is -0.190. The van der Waals surface area contributed by atoms with Crippen molar-refractivity contribution in [2.24, 2.45) is 0 Å². The fourth-order valence-electron chi connectivity index (χ4n) is 3.39. The lowest BCUT2D eigenvalue weighted by Gasteiger charge is -2.28. The molecule has 0 unspecified atom stereocenters. The molecule has 1 N–H and O–H groups in total. The lowest BCUT2D eigenvalue weighted by atomic mass is 10.2. The number of nitrogens with zero attached hydrogens (tertiary/aromatic N) is 4. The number of fused-ring (bicyclic) bond motifs is 1. The Morgan fingerprint density at radius 3 is 2.66 bits per heavy atom. The third-order valence-corrected chi connectivity index (χ3v) is 5.77. The first-order valence-electron chi connectivity index (χ1n) is 9.53. The van der Waals surface area contributed by atoms with E-state index in [9.17, 15) is 9.59 Å². The van der Waals surface area contributed by atoms with Crippen molar-refractivity contribution in [2.75, 3.05) is 22.5 Å². The van der Waals surface area contributed by atoms with E-state index in [4.69, 9.17) is 0 Å². The van der Waals surface area contributed by atoms with Crippen LogP contribution in [0.3, 0.4) is 0 Å². The zero-order valence-electron chi connectivity index (χ0n) is 15.6. The van der Waals surface area contributed by atoms with E-state index in [1.807, 2.05) is 53.2 Å². The molecule has 29 heavy (non-hydrogen) atoms. The zero-order chi connectivity index (χ0) is 19.8. The van der Waals surface area contributed by atoms with E-state index in [1.165, 1.54) is 16.7 Å². The van der Waals surface area contributed by atoms with Gasteiger partial charge in [-0.05, 0) is 37.1 Å². The van der Waals surface area contributed by atoms with Gasteiger partial charge in [0.05, 0.1) is 22.8 Å². The highest BCUT2D eigenvalue weighted by molar-refractivity contribution is 7.99. The standard InChI is InChI=1S/C21H19N5O2S/c27-18-12-25(17-9-5-4-8-16(17)22-18)19(28)13-29-21-23-20(14-10-11-14)26(24-21)15-6-2-1-3-7-15/h1-9,14H,10-13H2,(H,22,27). The monoisotopic (exact) mass is 405 g/mol. The number of carbonyl (C=O) groups excluding carboxylic acids is 2. The number of benzene rings is 2. The predicted octanol–water partition coefficient (Wildman–Crippen LogP) is 3.22. The van der Waals surface area contributed by atoms with Gasteiger partial charge in [-0.3, -0.25) is 9.59 Å². The van der Waals surface area contributed by atoms with Crippen LogP contribution in [-0.2, 0) is 9.59 Å². The summed E-state index contributed by atoms with van der Waals surface area (Å²) in [6.45, 7) is 0.0234. The molecule has 1 aliphatic heterocycles. The van der Waals surface area contributed by atoms with Gasteiger partial charge in [0, 0.05) is 5.92 Å². The Labute approximate surface area is 172 Å². The molecular formula is C21H19N5O2S. The number of carbonyl (C=O) groups is 2. The number of hydrogen-bond donors (Lipinski definition) is 1. The summed E-state index contributed by atoms with van der Waals surface area (Å²) in [6.07, 6.45) is 2.24. The van der Waals surface area contributed by atoms with E-state index >= 15 is 0 Å². The quantitative estimate of drug-likeness (QED) is 0.660. The van der Waals surface area contributed by atoms with E-state index in [-0.39, 0.29) is 24.1 Å². The van der Waals surface area contributed by atoms with Crippen molar-refractivity contribution in [3.8, 4) is 5.69 Å². The maximum absolute atomic E-state index is 12.9. The maximum atomic E-state index is 12.9. The van der Waals surface area contributed by atoms with Crippen LogP contribution in [0.4, 0.5) is 11.4 Å². The molecule has 0 saturated heterocycles. The van der Waals surface area contributed by atoms with Crippen LogP contribution in [0.5, 0.6) is 0 Å². The minimum absolute atomic E-state index is 0.0234. The van der Waals surface area contributed by atoms with Gasteiger partial charge in [-0.2, -0.15) is 0 Å². The van der Waals surface area contributed by atoms with Gasteiger partial charge in [0.25, 0.3) is 0 Å². The van der Waals surface area contributed by atoms with Crippen LogP contribution < -0.4 is 10.2 Å². The summed E-state index contributed by atoms with van der Waals surface area (Å²) in [4.78, 5) is 31.0. The van der Waals surface area contributed by atoms with Crippen molar-refractivity contribution in [3.63, 3.8) is 0 Å². The molecule has 8 heteroatoms. The first kappa shape index (κ1) is 17.9. The molecule has 0 bridgehead atoms. The van der Waals surface area contributed by atoms with Gasteiger partial charge in [-0.15, -0.1) is 5.10 Å². The molecular weight excluding hydrogens is 386 g/mol. The zero-order valence-corrected chi connectivity index (χ0v) is 16.4. The molecule has 1 saturated carbocycles. The molecule has 2 heterocycles. The van der Waals surface area contributed by atoms with Crippen molar-refractivity contribution in [1.29, 1.82) is 0 Å². The number of para-hydroxylation sites is 3. The minimum Gasteiger partial charge on any atom is -0.323 e. The molecule has 7 nitrogen and oxygen atoms in total. The molecule has 146 valence electrons. The summed E-state index contributed by atoms with van der Waals surface area (Å²) in [5.41, 5.74) is 2.35. The lowest BCUT2D eigenvalue weighted by molar-refractivity contribution is -0.120. The average Bonchev–Trinajstić information content (AvgIpc) is 3.51. The Morgan fingerprint density at radius 1 is 1.10 bits per heavy atom. The fourth-order valence-corrected chi connectivity index (χ4v) is 4.10. The van der Waals surface area contributed by atoms with Crippen LogP contribution in [-0.4, -0.2) is 38.9 Å². The number of amides is 2. The second-order valence-corrected chi connectivity index (χ2v) is 8.05. The van der Waals surface area contributed by atoms with Crippen LogP contribution in [0, 0.1) is 0 Å². The number of thioether (sulfide) groups is 1. The Hall–Kier alpha value is -3.13. The van der Waals surface area contributed by atoms with Gasteiger partial charge in [0.15, 0.2) is 0 Å². The van der Waals surface area contributed by atoms with E-state index in [2.05, 4.69) is 15.4 Å². The number of anilines is 2.